The third kappa shape index (κ3) is 4.69. The number of carbonyl (C=O) groups is 3. The number of para-hydroxylation sites is 1. The largest absolute Gasteiger partial charge is 0.481 e. The lowest BCUT2D eigenvalue weighted by Gasteiger charge is -2.29. The number of benzene rings is 2. The van der Waals surface area contributed by atoms with Gasteiger partial charge < -0.3 is 20.3 Å². The van der Waals surface area contributed by atoms with Crippen molar-refractivity contribution in [1.29, 1.82) is 0 Å². The van der Waals surface area contributed by atoms with Gasteiger partial charge in [0.1, 0.15) is 0 Å². The molecule has 1 aliphatic rings. The Labute approximate surface area is 199 Å². The fourth-order valence-corrected chi connectivity index (χ4v) is 4.69. The SMILES string of the molecule is CC(C)(CCCC(=O)N1CCc2c(n(Cc3ccc(C(N)=O)cc3)c3ccccc23)C1)C(=O)O. The molecule has 0 unspecified atom stereocenters. The molecule has 7 nitrogen and oxygen atoms in total. The molecule has 0 spiro atoms. The molecule has 0 fully saturated rings. The summed E-state index contributed by atoms with van der Waals surface area (Å²) in [5, 5.41) is 10.5. The normalized spacial score (nSPS) is 13.6. The van der Waals surface area contributed by atoms with Crippen LogP contribution in [0.5, 0.6) is 0 Å². The van der Waals surface area contributed by atoms with Crippen LogP contribution in [0.1, 0.15) is 60.3 Å². The molecular weight excluding hydrogens is 430 g/mol. The summed E-state index contributed by atoms with van der Waals surface area (Å²) in [7, 11) is 0. The van der Waals surface area contributed by atoms with Crippen molar-refractivity contribution in [3.05, 3.63) is 70.9 Å². The molecule has 0 aliphatic carbocycles. The van der Waals surface area contributed by atoms with Crippen molar-refractivity contribution in [3.8, 4) is 0 Å². The summed E-state index contributed by atoms with van der Waals surface area (Å²) < 4.78 is 2.26. The Morgan fingerprint density at radius 2 is 1.76 bits per heavy atom. The van der Waals surface area contributed by atoms with Gasteiger partial charge in [-0.1, -0.05) is 30.3 Å². The van der Waals surface area contributed by atoms with E-state index in [0.29, 0.717) is 44.5 Å². The van der Waals surface area contributed by atoms with Gasteiger partial charge in [-0.05, 0) is 62.4 Å². The highest BCUT2D eigenvalue weighted by Crippen LogP contribution is 2.32. The fraction of sp³-hybridized carbons (Fsp3) is 0.370. The zero-order chi connectivity index (χ0) is 24.5. The Bertz CT molecular complexity index is 1240. The van der Waals surface area contributed by atoms with Crippen LogP contribution in [-0.2, 0) is 29.1 Å². The predicted octanol–water partition coefficient (Wildman–Crippen LogP) is 3.95. The molecule has 0 bridgehead atoms. The maximum atomic E-state index is 13.0. The van der Waals surface area contributed by atoms with Crippen molar-refractivity contribution < 1.29 is 19.5 Å². The number of carboxylic acids is 1. The lowest BCUT2D eigenvalue weighted by molar-refractivity contribution is -0.147. The number of amides is 2. The summed E-state index contributed by atoms with van der Waals surface area (Å²) in [6.45, 7) is 5.21. The Balaban J connectivity index is 1.55. The van der Waals surface area contributed by atoms with Crippen molar-refractivity contribution in [3.63, 3.8) is 0 Å². The second-order valence-corrected chi connectivity index (χ2v) is 9.70. The molecule has 178 valence electrons. The van der Waals surface area contributed by atoms with Crippen molar-refractivity contribution in [2.75, 3.05) is 6.54 Å². The number of nitrogens with zero attached hydrogens (tertiary/aromatic N) is 2. The topological polar surface area (TPSA) is 106 Å². The molecular formula is C27H31N3O4. The number of carboxylic acid groups (broad SMARTS) is 1. The number of aliphatic carboxylic acids is 1. The average molecular weight is 462 g/mol. The van der Waals surface area contributed by atoms with Crippen LogP contribution in [0, 0.1) is 5.41 Å². The number of fused-ring (bicyclic) bond motifs is 3. The molecule has 2 heterocycles. The molecule has 7 heteroatoms. The van der Waals surface area contributed by atoms with Crippen molar-refractivity contribution >= 4 is 28.7 Å². The maximum Gasteiger partial charge on any atom is 0.309 e. The first-order valence-electron chi connectivity index (χ1n) is 11.7. The molecule has 3 aromatic rings. The highest BCUT2D eigenvalue weighted by Gasteiger charge is 2.29. The molecule has 1 aliphatic heterocycles. The Kier molecular flexibility index (Phi) is 6.46. The standard InChI is InChI=1S/C27H31N3O4/c1-27(2,26(33)34)14-5-8-24(31)29-15-13-21-20-6-3-4-7-22(20)30(23(21)17-29)16-18-9-11-19(12-10-18)25(28)32/h3-4,6-7,9-12H,5,8,13-17H2,1-2H3,(H2,28,32)(H,33,34). The first kappa shape index (κ1) is 23.5. The molecule has 34 heavy (non-hydrogen) atoms. The van der Waals surface area contributed by atoms with Gasteiger partial charge in [0.2, 0.25) is 11.8 Å². The Morgan fingerprint density at radius 1 is 1.06 bits per heavy atom. The monoisotopic (exact) mass is 461 g/mol. The van der Waals surface area contributed by atoms with E-state index in [-0.39, 0.29) is 5.91 Å². The fourth-order valence-electron chi connectivity index (χ4n) is 4.69. The predicted molar refractivity (Wildman–Crippen MR) is 130 cm³/mol. The second-order valence-electron chi connectivity index (χ2n) is 9.70. The van der Waals surface area contributed by atoms with Gasteiger partial charge in [-0.15, -0.1) is 0 Å². The van der Waals surface area contributed by atoms with Crippen LogP contribution in [0.4, 0.5) is 0 Å². The first-order chi connectivity index (χ1) is 16.2. The highest BCUT2D eigenvalue weighted by molar-refractivity contribution is 5.92. The number of primary amides is 1. The summed E-state index contributed by atoms with van der Waals surface area (Å²) in [6, 6.07) is 15.6. The summed E-state index contributed by atoms with van der Waals surface area (Å²) in [6.07, 6.45) is 2.15. The van der Waals surface area contributed by atoms with Gasteiger partial charge in [-0.3, -0.25) is 14.4 Å². The Morgan fingerprint density at radius 3 is 2.44 bits per heavy atom. The molecule has 4 rings (SSSR count). The van der Waals surface area contributed by atoms with Crippen LogP contribution in [-0.4, -0.2) is 38.9 Å². The summed E-state index contributed by atoms with van der Waals surface area (Å²) in [4.78, 5) is 37.6. The third-order valence-corrected chi connectivity index (χ3v) is 6.87. The number of hydrogen-bond acceptors (Lipinski definition) is 3. The van der Waals surface area contributed by atoms with Crippen LogP contribution < -0.4 is 5.73 Å². The van der Waals surface area contributed by atoms with E-state index >= 15 is 0 Å². The molecule has 2 amide bonds. The summed E-state index contributed by atoms with van der Waals surface area (Å²) in [5.74, 6) is -1.22. The van der Waals surface area contributed by atoms with E-state index in [0.717, 1.165) is 23.2 Å². The van der Waals surface area contributed by atoms with E-state index in [1.807, 2.05) is 29.2 Å². The number of nitrogens with two attached hydrogens (primary N) is 1. The van der Waals surface area contributed by atoms with Gasteiger partial charge in [-0.2, -0.15) is 0 Å². The van der Waals surface area contributed by atoms with Crippen molar-refractivity contribution in [2.24, 2.45) is 11.1 Å². The summed E-state index contributed by atoms with van der Waals surface area (Å²) in [5.41, 5.74) is 9.61. The minimum atomic E-state index is -0.837. The average Bonchev–Trinajstić information content (AvgIpc) is 3.12. The van der Waals surface area contributed by atoms with Crippen molar-refractivity contribution in [2.45, 2.75) is 52.6 Å². The van der Waals surface area contributed by atoms with Gasteiger partial charge in [0.15, 0.2) is 0 Å². The molecule has 0 saturated heterocycles. The van der Waals surface area contributed by atoms with Crippen LogP contribution in [0.2, 0.25) is 0 Å². The van der Waals surface area contributed by atoms with Crippen LogP contribution in [0.15, 0.2) is 48.5 Å². The zero-order valence-electron chi connectivity index (χ0n) is 19.7. The van der Waals surface area contributed by atoms with Crippen LogP contribution in [0.3, 0.4) is 0 Å². The van der Waals surface area contributed by atoms with E-state index in [2.05, 4.69) is 16.7 Å². The van der Waals surface area contributed by atoms with Crippen molar-refractivity contribution in [1.82, 2.24) is 9.47 Å². The third-order valence-electron chi connectivity index (χ3n) is 6.87. The van der Waals surface area contributed by atoms with E-state index in [1.54, 1.807) is 26.0 Å². The second kappa shape index (κ2) is 9.33. The van der Waals surface area contributed by atoms with Gasteiger partial charge in [-0.25, -0.2) is 0 Å². The molecule has 0 radical (unpaired) electrons. The molecule has 0 atom stereocenters. The van der Waals surface area contributed by atoms with E-state index in [9.17, 15) is 19.5 Å². The van der Waals surface area contributed by atoms with Gasteiger partial charge in [0, 0.05) is 41.7 Å². The maximum absolute atomic E-state index is 13.0. The molecule has 0 saturated carbocycles. The van der Waals surface area contributed by atoms with E-state index in [1.165, 1.54) is 10.9 Å². The molecule has 2 aromatic carbocycles. The first-order valence-corrected chi connectivity index (χ1v) is 11.7. The molecule has 1 aromatic heterocycles. The summed E-state index contributed by atoms with van der Waals surface area (Å²) >= 11 is 0. The van der Waals surface area contributed by atoms with Crippen LogP contribution >= 0.6 is 0 Å². The number of carbonyl (C=O) groups excluding carboxylic acids is 2. The number of aromatic nitrogens is 1. The lowest BCUT2D eigenvalue weighted by atomic mass is 9.87. The van der Waals surface area contributed by atoms with E-state index in [4.69, 9.17) is 5.73 Å². The molecule has 3 N–H and O–H groups in total. The number of hydrogen-bond donors (Lipinski definition) is 2. The Hall–Kier alpha value is -3.61. The van der Waals surface area contributed by atoms with Crippen LogP contribution in [0.25, 0.3) is 10.9 Å². The minimum absolute atomic E-state index is 0.0643. The zero-order valence-corrected chi connectivity index (χ0v) is 19.7. The quantitative estimate of drug-likeness (QED) is 0.530. The lowest BCUT2D eigenvalue weighted by Crippen LogP contribution is -2.36. The highest BCUT2D eigenvalue weighted by atomic mass is 16.4. The minimum Gasteiger partial charge on any atom is -0.481 e. The number of rotatable bonds is 8. The van der Waals surface area contributed by atoms with Gasteiger partial charge in [0.25, 0.3) is 0 Å². The smallest absolute Gasteiger partial charge is 0.309 e. The van der Waals surface area contributed by atoms with E-state index < -0.39 is 17.3 Å². The van der Waals surface area contributed by atoms with Gasteiger partial charge >= 0.3 is 5.97 Å². The van der Waals surface area contributed by atoms with Gasteiger partial charge in [0.05, 0.1) is 12.0 Å².